The number of thiol groups is 1. The summed E-state index contributed by atoms with van der Waals surface area (Å²) in [4.78, 5) is 11.6. The Morgan fingerprint density at radius 2 is 1.82 bits per heavy atom. The van der Waals surface area contributed by atoms with E-state index in [1.165, 1.54) is 4.31 Å². The summed E-state index contributed by atoms with van der Waals surface area (Å²) >= 11 is 4.11. The first-order valence-corrected chi connectivity index (χ1v) is 6.37. The average molecular weight is 254 g/mol. The van der Waals surface area contributed by atoms with Gasteiger partial charge in [-0.05, 0) is 24.1 Å². The highest BCUT2D eigenvalue weighted by Gasteiger charge is 2.09. The van der Waals surface area contributed by atoms with Crippen LogP contribution in [0.25, 0.3) is 0 Å². The van der Waals surface area contributed by atoms with Gasteiger partial charge in [-0.25, -0.2) is 0 Å². The fourth-order valence-corrected chi connectivity index (χ4v) is 1.51. The van der Waals surface area contributed by atoms with Gasteiger partial charge >= 0.3 is 0 Å². The Morgan fingerprint density at radius 1 is 1.29 bits per heavy atom. The Morgan fingerprint density at radius 3 is 2.29 bits per heavy atom. The summed E-state index contributed by atoms with van der Waals surface area (Å²) in [5, 5.41) is 0. The molecular weight excluding hydrogens is 232 g/mol. The topological polar surface area (TPSA) is 46.3 Å². The number of hydrogen-bond donors (Lipinski definition) is 2. The molecule has 1 amide bonds. The molecule has 0 aliphatic rings. The molecule has 1 aromatic carbocycles. The van der Waals surface area contributed by atoms with Crippen molar-refractivity contribution in [2.45, 2.75) is 33.6 Å². The van der Waals surface area contributed by atoms with Gasteiger partial charge in [-0.2, -0.15) is 0 Å². The van der Waals surface area contributed by atoms with Crippen molar-refractivity contribution in [3.05, 3.63) is 29.8 Å². The van der Waals surface area contributed by atoms with Crippen LogP contribution in [0, 0.1) is 0 Å². The van der Waals surface area contributed by atoms with Crippen LogP contribution in [0.15, 0.2) is 24.3 Å². The summed E-state index contributed by atoms with van der Waals surface area (Å²) in [5.41, 5.74) is 7.23. The molecule has 0 aromatic heterocycles. The largest absolute Gasteiger partial charge is 0.399 e. The Labute approximate surface area is 110 Å². The summed E-state index contributed by atoms with van der Waals surface area (Å²) in [5.74, 6) is 0.0185. The van der Waals surface area contributed by atoms with E-state index in [-0.39, 0.29) is 5.91 Å². The van der Waals surface area contributed by atoms with E-state index in [2.05, 4.69) is 12.8 Å². The summed E-state index contributed by atoms with van der Waals surface area (Å²) in [6, 6.07) is 7.32. The molecule has 0 fully saturated rings. The molecule has 0 aliphatic carbocycles. The van der Waals surface area contributed by atoms with Gasteiger partial charge in [-0.3, -0.25) is 9.10 Å². The number of amides is 1. The van der Waals surface area contributed by atoms with E-state index in [9.17, 15) is 4.79 Å². The zero-order chi connectivity index (χ0) is 13.3. The molecule has 1 aromatic rings. The smallest absolute Gasteiger partial charge is 0.236 e. The van der Waals surface area contributed by atoms with Crippen LogP contribution >= 0.6 is 12.8 Å². The highest BCUT2D eigenvalue weighted by Crippen LogP contribution is 2.08. The van der Waals surface area contributed by atoms with Crippen LogP contribution in [-0.2, 0) is 11.2 Å². The monoisotopic (exact) mass is 254 g/mol. The Bertz CT molecular complexity index is 325. The molecule has 0 unspecified atom stereocenters. The number of nitrogens with two attached hydrogens (primary N) is 1. The van der Waals surface area contributed by atoms with Crippen LogP contribution < -0.4 is 5.73 Å². The number of benzene rings is 1. The molecule has 0 saturated carbocycles. The van der Waals surface area contributed by atoms with Gasteiger partial charge in [0, 0.05) is 12.2 Å². The van der Waals surface area contributed by atoms with Crippen molar-refractivity contribution in [3.63, 3.8) is 0 Å². The molecule has 17 heavy (non-hydrogen) atoms. The fraction of sp³-hybridized carbons (Fsp3) is 0.462. The molecule has 0 saturated heterocycles. The lowest BCUT2D eigenvalue weighted by atomic mass is 10.1. The van der Waals surface area contributed by atoms with E-state index < -0.39 is 0 Å². The van der Waals surface area contributed by atoms with E-state index in [1.807, 2.05) is 32.9 Å². The van der Waals surface area contributed by atoms with E-state index in [4.69, 9.17) is 5.73 Å². The first-order valence-electron chi connectivity index (χ1n) is 5.97. The van der Waals surface area contributed by atoms with Crippen molar-refractivity contribution in [1.29, 1.82) is 0 Å². The summed E-state index contributed by atoms with van der Waals surface area (Å²) in [6.45, 7) is 6.69. The first-order chi connectivity index (χ1) is 8.13. The van der Waals surface area contributed by atoms with Crippen molar-refractivity contribution in [2.24, 2.45) is 0 Å². The number of hydrogen-bond acceptors (Lipinski definition) is 3. The number of rotatable bonds is 4. The van der Waals surface area contributed by atoms with Crippen LogP contribution in [-0.4, -0.2) is 16.8 Å². The molecule has 1 rings (SSSR count). The SMILES string of the molecule is CC.CCCN(S)C(=O)Cc1ccc(N)cc1. The number of carbonyl (C=O) groups is 1. The summed E-state index contributed by atoms with van der Waals surface area (Å²) < 4.78 is 1.45. The minimum atomic E-state index is 0.0185. The second-order valence-electron chi connectivity index (χ2n) is 3.44. The van der Waals surface area contributed by atoms with Gasteiger partial charge in [-0.15, -0.1) is 0 Å². The molecule has 2 N–H and O–H groups in total. The molecule has 0 spiro atoms. The number of nitrogen functional groups attached to an aromatic ring is 1. The summed E-state index contributed by atoms with van der Waals surface area (Å²) in [6.07, 6.45) is 1.29. The average Bonchev–Trinajstić information content (AvgIpc) is 2.35. The second kappa shape index (κ2) is 8.93. The van der Waals surface area contributed by atoms with Crippen LogP contribution in [0.4, 0.5) is 5.69 Å². The molecule has 3 nitrogen and oxygen atoms in total. The van der Waals surface area contributed by atoms with Gasteiger partial charge in [0.05, 0.1) is 6.42 Å². The molecule has 4 heteroatoms. The number of nitrogens with zero attached hydrogens (tertiary/aromatic N) is 1. The predicted octanol–water partition coefficient (Wildman–Crippen LogP) is 2.92. The minimum Gasteiger partial charge on any atom is -0.399 e. The standard InChI is InChI=1S/C11H16N2OS.C2H6/c1-2-7-13(15)11(14)8-9-3-5-10(12)6-4-9;1-2/h3-6,15H,2,7-8,12H2,1H3;1-2H3. The Balaban J connectivity index is 0.00000121. The molecule has 0 bridgehead atoms. The third-order valence-electron chi connectivity index (χ3n) is 2.06. The van der Waals surface area contributed by atoms with Crippen molar-refractivity contribution in [1.82, 2.24) is 4.31 Å². The van der Waals surface area contributed by atoms with Gasteiger partial charge in [0.15, 0.2) is 0 Å². The molecule has 0 heterocycles. The highest BCUT2D eigenvalue weighted by atomic mass is 32.1. The zero-order valence-corrected chi connectivity index (χ0v) is 11.7. The van der Waals surface area contributed by atoms with Gasteiger partial charge in [-0.1, -0.05) is 45.7 Å². The zero-order valence-electron chi connectivity index (χ0n) is 10.8. The van der Waals surface area contributed by atoms with E-state index in [0.717, 1.165) is 12.0 Å². The Kier molecular flexibility index (Phi) is 8.32. The lowest BCUT2D eigenvalue weighted by molar-refractivity contribution is -0.125. The molecule has 96 valence electrons. The predicted molar refractivity (Wildman–Crippen MR) is 76.9 cm³/mol. The lowest BCUT2D eigenvalue weighted by Crippen LogP contribution is -2.24. The maximum absolute atomic E-state index is 11.6. The molecular formula is C13H22N2OS. The first kappa shape index (κ1) is 15.8. The maximum Gasteiger partial charge on any atom is 0.236 e. The maximum atomic E-state index is 11.6. The van der Waals surface area contributed by atoms with Gasteiger partial charge in [0.25, 0.3) is 0 Å². The van der Waals surface area contributed by atoms with Gasteiger partial charge in [0.2, 0.25) is 5.91 Å². The van der Waals surface area contributed by atoms with Crippen LogP contribution in [0.5, 0.6) is 0 Å². The quantitative estimate of drug-likeness (QED) is 0.641. The van der Waals surface area contributed by atoms with Crippen molar-refractivity contribution >= 4 is 24.4 Å². The van der Waals surface area contributed by atoms with Crippen LogP contribution in [0.1, 0.15) is 32.8 Å². The second-order valence-corrected chi connectivity index (χ2v) is 3.92. The van der Waals surface area contributed by atoms with Crippen molar-refractivity contribution in [2.75, 3.05) is 12.3 Å². The lowest BCUT2D eigenvalue weighted by Gasteiger charge is -2.14. The van der Waals surface area contributed by atoms with Gasteiger partial charge < -0.3 is 5.73 Å². The highest BCUT2D eigenvalue weighted by molar-refractivity contribution is 7.78. The van der Waals surface area contributed by atoms with E-state index >= 15 is 0 Å². The molecule has 0 aliphatic heterocycles. The Hall–Kier alpha value is -1.16. The minimum absolute atomic E-state index is 0.0185. The van der Waals surface area contributed by atoms with E-state index in [0.29, 0.717) is 18.7 Å². The normalized spacial score (nSPS) is 9.18. The number of carbonyl (C=O) groups excluding carboxylic acids is 1. The molecule has 0 atom stereocenters. The van der Waals surface area contributed by atoms with Gasteiger partial charge in [0.1, 0.15) is 0 Å². The third-order valence-corrected chi connectivity index (χ3v) is 2.48. The third kappa shape index (κ3) is 6.22. The summed E-state index contributed by atoms with van der Waals surface area (Å²) in [7, 11) is 0. The van der Waals surface area contributed by atoms with Crippen molar-refractivity contribution < 1.29 is 4.79 Å². The van der Waals surface area contributed by atoms with E-state index in [1.54, 1.807) is 12.1 Å². The molecule has 0 radical (unpaired) electrons. The van der Waals surface area contributed by atoms with Crippen molar-refractivity contribution in [3.8, 4) is 0 Å². The van der Waals surface area contributed by atoms with Crippen LogP contribution in [0.2, 0.25) is 0 Å². The number of anilines is 1. The fourth-order valence-electron chi connectivity index (χ4n) is 1.24. The van der Waals surface area contributed by atoms with Crippen LogP contribution in [0.3, 0.4) is 0 Å².